The molecule has 0 saturated heterocycles. The highest BCUT2D eigenvalue weighted by atomic mass is 16.3. The van der Waals surface area contributed by atoms with Gasteiger partial charge in [0.15, 0.2) is 0 Å². The van der Waals surface area contributed by atoms with Crippen LogP contribution in [-0.2, 0) is 0 Å². The molecule has 1 fully saturated rings. The quantitative estimate of drug-likeness (QED) is 0.617. The Morgan fingerprint density at radius 3 is 1.50 bits per heavy atom. The second-order valence-corrected chi connectivity index (χ2v) is 4.51. The highest BCUT2D eigenvalue weighted by Gasteiger charge is 2.27. The van der Waals surface area contributed by atoms with E-state index in [0.29, 0.717) is 17.8 Å². The van der Waals surface area contributed by atoms with Crippen LogP contribution in [0.2, 0.25) is 0 Å². The van der Waals surface area contributed by atoms with Crippen LogP contribution in [-0.4, -0.2) is 35.1 Å². The lowest BCUT2D eigenvalue weighted by atomic mass is 9.73. The highest BCUT2D eigenvalue weighted by Crippen LogP contribution is 2.36. The molecule has 3 N–H and O–H groups in total. The van der Waals surface area contributed by atoms with Crippen LogP contribution in [0.3, 0.4) is 0 Å². The van der Waals surface area contributed by atoms with Gasteiger partial charge in [0.25, 0.3) is 0 Å². The fraction of sp³-hybridized carbons (Fsp3) is 1.00. The summed E-state index contributed by atoms with van der Waals surface area (Å²) >= 11 is 0. The molecule has 0 aromatic carbocycles. The van der Waals surface area contributed by atoms with Gasteiger partial charge in [0.1, 0.15) is 0 Å². The molecule has 1 aliphatic carbocycles. The van der Waals surface area contributed by atoms with E-state index in [2.05, 4.69) is 0 Å². The molecule has 0 aromatic rings. The van der Waals surface area contributed by atoms with Crippen LogP contribution in [0.15, 0.2) is 0 Å². The largest absolute Gasteiger partial charge is 0.396 e. The maximum atomic E-state index is 9.14. The van der Waals surface area contributed by atoms with Gasteiger partial charge in [-0.3, -0.25) is 0 Å². The zero-order chi connectivity index (χ0) is 10.4. The molecule has 0 amide bonds. The van der Waals surface area contributed by atoms with Crippen molar-refractivity contribution in [2.45, 2.75) is 32.1 Å². The van der Waals surface area contributed by atoms with Crippen molar-refractivity contribution in [3.8, 4) is 0 Å². The van der Waals surface area contributed by atoms with Crippen LogP contribution in [0.25, 0.3) is 0 Å². The molecule has 0 bridgehead atoms. The molecule has 1 rings (SSSR count). The Kier molecular flexibility index (Phi) is 5.45. The van der Waals surface area contributed by atoms with Crippen molar-refractivity contribution in [1.29, 1.82) is 0 Å². The molecular formula is C11H22O3. The van der Waals surface area contributed by atoms with Crippen molar-refractivity contribution < 1.29 is 15.3 Å². The third-order valence-corrected chi connectivity index (χ3v) is 3.33. The van der Waals surface area contributed by atoms with Gasteiger partial charge in [-0.25, -0.2) is 0 Å². The molecule has 0 aromatic heterocycles. The van der Waals surface area contributed by atoms with Gasteiger partial charge in [-0.05, 0) is 49.9 Å². The predicted octanol–water partition coefficient (Wildman–Crippen LogP) is 0.776. The molecule has 1 saturated carbocycles. The van der Waals surface area contributed by atoms with E-state index in [9.17, 15) is 0 Å². The third kappa shape index (κ3) is 3.56. The maximum Gasteiger partial charge on any atom is 0.0459 e. The van der Waals surface area contributed by atoms with E-state index >= 15 is 0 Å². The standard InChI is InChI=1S/C11H22O3/c12-3-1-9-5-10(2-4-13)7-11(6-9)8-14/h9-14H,1-8H2/t9-,10+,11?. The zero-order valence-corrected chi connectivity index (χ0v) is 8.73. The van der Waals surface area contributed by atoms with E-state index in [4.69, 9.17) is 15.3 Å². The van der Waals surface area contributed by atoms with Gasteiger partial charge in [-0.1, -0.05) is 0 Å². The minimum atomic E-state index is 0.245. The van der Waals surface area contributed by atoms with Crippen molar-refractivity contribution >= 4 is 0 Å². The monoisotopic (exact) mass is 202 g/mol. The van der Waals surface area contributed by atoms with Crippen LogP contribution in [0.1, 0.15) is 32.1 Å². The van der Waals surface area contributed by atoms with Crippen molar-refractivity contribution in [3.63, 3.8) is 0 Å². The Labute approximate surface area is 85.8 Å². The summed E-state index contributed by atoms with van der Waals surface area (Å²) in [5.41, 5.74) is 0. The Hall–Kier alpha value is -0.120. The topological polar surface area (TPSA) is 60.7 Å². The van der Waals surface area contributed by atoms with Crippen molar-refractivity contribution in [1.82, 2.24) is 0 Å². The number of hydrogen-bond acceptors (Lipinski definition) is 3. The van der Waals surface area contributed by atoms with Crippen molar-refractivity contribution in [2.75, 3.05) is 19.8 Å². The summed E-state index contributed by atoms with van der Waals surface area (Å²) in [7, 11) is 0. The van der Waals surface area contributed by atoms with E-state index in [0.717, 1.165) is 32.1 Å². The summed E-state index contributed by atoms with van der Waals surface area (Å²) in [5.74, 6) is 1.47. The van der Waals surface area contributed by atoms with Gasteiger partial charge in [0.05, 0.1) is 0 Å². The number of aliphatic hydroxyl groups is 3. The molecule has 14 heavy (non-hydrogen) atoms. The van der Waals surface area contributed by atoms with Crippen molar-refractivity contribution in [3.05, 3.63) is 0 Å². The van der Waals surface area contributed by atoms with Gasteiger partial charge >= 0.3 is 0 Å². The molecular weight excluding hydrogens is 180 g/mol. The maximum absolute atomic E-state index is 9.14. The smallest absolute Gasteiger partial charge is 0.0459 e. The van der Waals surface area contributed by atoms with Gasteiger partial charge in [0, 0.05) is 19.8 Å². The summed E-state index contributed by atoms with van der Waals surface area (Å²) in [6, 6.07) is 0. The summed E-state index contributed by atoms with van der Waals surface area (Å²) in [5, 5.41) is 26.9. The van der Waals surface area contributed by atoms with Gasteiger partial charge in [-0.15, -0.1) is 0 Å². The van der Waals surface area contributed by atoms with Crippen LogP contribution < -0.4 is 0 Å². The average Bonchev–Trinajstić information content (AvgIpc) is 2.18. The highest BCUT2D eigenvalue weighted by molar-refractivity contribution is 4.78. The Bertz CT molecular complexity index is 135. The zero-order valence-electron chi connectivity index (χ0n) is 8.73. The normalized spacial score (nSPS) is 33.2. The van der Waals surface area contributed by atoms with E-state index < -0.39 is 0 Å². The number of aliphatic hydroxyl groups excluding tert-OH is 3. The minimum absolute atomic E-state index is 0.245. The van der Waals surface area contributed by atoms with Crippen LogP contribution >= 0.6 is 0 Å². The molecule has 0 aliphatic heterocycles. The number of hydrogen-bond donors (Lipinski definition) is 3. The summed E-state index contributed by atoms with van der Waals surface area (Å²) in [6.07, 6.45) is 4.88. The minimum Gasteiger partial charge on any atom is -0.396 e. The fourth-order valence-electron chi connectivity index (χ4n) is 2.69. The molecule has 0 heterocycles. The van der Waals surface area contributed by atoms with E-state index in [1.165, 1.54) is 0 Å². The predicted molar refractivity (Wildman–Crippen MR) is 54.8 cm³/mol. The van der Waals surface area contributed by atoms with Gasteiger partial charge in [0.2, 0.25) is 0 Å². The Morgan fingerprint density at radius 2 is 1.14 bits per heavy atom. The van der Waals surface area contributed by atoms with Gasteiger partial charge < -0.3 is 15.3 Å². The third-order valence-electron chi connectivity index (χ3n) is 3.33. The first kappa shape index (κ1) is 12.0. The molecule has 1 aliphatic rings. The lowest BCUT2D eigenvalue weighted by molar-refractivity contribution is 0.0973. The molecule has 3 nitrogen and oxygen atoms in total. The summed E-state index contributed by atoms with van der Waals surface area (Å²) in [4.78, 5) is 0. The van der Waals surface area contributed by atoms with Crippen LogP contribution in [0.5, 0.6) is 0 Å². The van der Waals surface area contributed by atoms with Crippen LogP contribution in [0, 0.1) is 17.8 Å². The molecule has 84 valence electrons. The lowest BCUT2D eigenvalue weighted by Gasteiger charge is -2.33. The average molecular weight is 202 g/mol. The molecule has 3 atom stereocenters. The fourth-order valence-corrected chi connectivity index (χ4v) is 2.69. The first-order valence-electron chi connectivity index (χ1n) is 5.62. The first-order valence-corrected chi connectivity index (χ1v) is 5.62. The Balaban J connectivity index is 2.39. The first-order chi connectivity index (χ1) is 6.80. The second-order valence-electron chi connectivity index (χ2n) is 4.51. The van der Waals surface area contributed by atoms with E-state index in [-0.39, 0.29) is 19.8 Å². The molecule has 3 heteroatoms. The van der Waals surface area contributed by atoms with Crippen LogP contribution in [0.4, 0.5) is 0 Å². The molecule has 0 radical (unpaired) electrons. The van der Waals surface area contributed by atoms with E-state index in [1.54, 1.807) is 0 Å². The summed E-state index contributed by atoms with van der Waals surface area (Å²) < 4.78 is 0. The summed E-state index contributed by atoms with van der Waals surface area (Å²) in [6.45, 7) is 0.743. The molecule has 1 unspecified atom stereocenters. The van der Waals surface area contributed by atoms with E-state index in [1.807, 2.05) is 0 Å². The SMILES string of the molecule is OCC[C@@H]1CC(CO)C[C@H](CCO)C1. The van der Waals surface area contributed by atoms with Crippen molar-refractivity contribution in [2.24, 2.45) is 17.8 Å². The molecule has 0 spiro atoms. The van der Waals surface area contributed by atoms with Gasteiger partial charge in [-0.2, -0.15) is 0 Å². The second kappa shape index (κ2) is 6.38. The number of rotatable bonds is 5. The lowest BCUT2D eigenvalue weighted by Crippen LogP contribution is -2.26. The Morgan fingerprint density at radius 1 is 0.714 bits per heavy atom.